The molecular weight excluding hydrogens is 320 g/mol. The lowest BCUT2D eigenvalue weighted by molar-refractivity contribution is -0.136. The summed E-state index contributed by atoms with van der Waals surface area (Å²) in [5, 5.41) is 11.8. The molecule has 130 valence electrons. The van der Waals surface area contributed by atoms with Crippen LogP contribution in [-0.4, -0.2) is 30.0 Å². The van der Waals surface area contributed by atoms with Gasteiger partial charge in [0.1, 0.15) is 0 Å². The van der Waals surface area contributed by atoms with Gasteiger partial charge in [-0.2, -0.15) is 0 Å². The third-order valence-electron chi connectivity index (χ3n) is 3.63. The van der Waals surface area contributed by atoms with E-state index >= 15 is 0 Å². The van der Waals surface area contributed by atoms with E-state index in [0.29, 0.717) is 30.6 Å². The number of carbonyl (C=O) groups is 2. The Morgan fingerprint density at radius 1 is 1.20 bits per heavy atom. The third kappa shape index (κ3) is 5.07. The molecule has 0 atom stereocenters. The second kappa shape index (κ2) is 8.49. The zero-order valence-electron chi connectivity index (χ0n) is 13.6. The van der Waals surface area contributed by atoms with Gasteiger partial charge < -0.3 is 21.9 Å². The highest BCUT2D eigenvalue weighted by molar-refractivity contribution is 5.81. The fourth-order valence-corrected chi connectivity index (χ4v) is 2.68. The molecule has 0 spiro atoms. The van der Waals surface area contributed by atoms with E-state index in [4.69, 9.17) is 16.6 Å². The van der Waals surface area contributed by atoms with Crippen LogP contribution >= 0.6 is 0 Å². The van der Waals surface area contributed by atoms with Crippen molar-refractivity contribution in [2.75, 3.05) is 6.54 Å². The molecule has 0 fully saturated rings. The van der Waals surface area contributed by atoms with E-state index in [1.165, 1.54) is 0 Å². The number of amides is 1. The molecule has 1 amide bonds. The van der Waals surface area contributed by atoms with Crippen LogP contribution in [-0.2, 0) is 22.4 Å². The normalized spacial score (nSPS) is 10.1. The van der Waals surface area contributed by atoms with Crippen LogP contribution in [0.5, 0.6) is 0 Å². The van der Waals surface area contributed by atoms with Gasteiger partial charge in [-0.15, -0.1) is 0 Å². The number of rotatable bonds is 8. The van der Waals surface area contributed by atoms with Crippen molar-refractivity contribution in [1.29, 1.82) is 0 Å². The van der Waals surface area contributed by atoms with Crippen molar-refractivity contribution >= 4 is 24.0 Å². The lowest BCUT2D eigenvalue weighted by Crippen LogP contribution is -2.21. The predicted molar refractivity (Wildman–Crippen MR) is 96.5 cm³/mol. The van der Waals surface area contributed by atoms with E-state index in [2.05, 4.69) is 10.3 Å². The molecule has 2 rings (SSSR count). The van der Waals surface area contributed by atoms with Crippen molar-refractivity contribution in [2.24, 2.45) is 16.5 Å². The number of hydrogen-bond acceptors (Lipinski definition) is 3. The van der Waals surface area contributed by atoms with Crippen LogP contribution in [0.25, 0.3) is 11.1 Å². The van der Waals surface area contributed by atoms with Gasteiger partial charge in [-0.25, -0.2) is 4.99 Å². The number of aliphatic carboxylic acids is 1. The monoisotopic (exact) mass is 340 g/mol. The van der Waals surface area contributed by atoms with E-state index in [0.717, 1.165) is 16.7 Å². The molecule has 0 heterocycles. The summed E-state index contributed by atoms with van der Waals surface area (Å²) < 4.78 is 0. The highest BCUT2D eigenvalue weighted by Gasteiger charge is 2.13. The molecule has 2 aromatic carbocycles. The number of guanidine groups is 1. The maximum absolute atomic E-state index is 11.2. The first kappa shape index (κ1) is 18.0. The Morgan fingerprint density at radius 2 is 1.96 bits per heavy atom. The molecule has 25 heavy (non-hydrogen) atoms. The highest BCUT2D eigenvalue weighted by atomic mass is 16.4. The predicted octanol–water partition coefficient (Wildman–Crippen LogP) is 1.17. The van der Waals surface area contributed by atoms with Crippen molar-refractivity contribution in [3.8, 4) is 11.1 Å². The molecule has 0 aliphatic carbocycles. The average molecular weight is 340 g/mol. The van der Waals surface area contributed by atoms with Crippen LogP contribution in [0.2, 0.25) is 0 Å². The summed E-state index contributed by atoms with van der Waals surface area (Å²) in [6.07, 6.45) is 1.06. The second-order valence-electron chi connectivity index (χ2n) is 5.42. The molecule has 0 bridgehead atoms. The summed E-state index contributed by atoms with van der Waals surface area (Å²) in [6.45, 7) is 0.417. The van der Waals surface area contributed by atoms with E-state index < -0.39 is 5.97 Å². The minimum atomic E-state index is -0.906. The van der Waals surface area contributed by atoms with Crippen LogP contribution < -0.4 is 16.8 Å². The Morgan fingerprint density at radius 3 is 2.64 bits per heavy atom. The molecule has 0 radical (unpaired) electrons. The van der Waals surface area contributed by atoms with Gasteiger partial charge in [-0.05, 0) is 40.8 Å². The van der Waals surface area contributed by atoms with Gasteiger partial charge in [-0.1, -0.05) is 30.3 Å². The molecule has 0 unspecified atom stereocenters. The fourth-order valence-electron chi connectivity index (χ4n) is 2.68. The number of carbonyl (C=O) groups excluding carboxylic acids is 1. The zero-order valence-corrected chi connectivity index (χ0v) is 13.6. The van der Waals surface area contributed by atoms with Crippen molar-refractivity contribution in [3.05, 3.63) is 53.6 Å². The summed E-state index contributed by atoms with van der Waals surface area (Å²) in [5.41, 5.74) is 14.8. The Labute approximate surface area is 145 Å². The number of hydrogen-bond donors (Lipinski definition) is 4. The number of carboxylic acids is 1. The van der Waals surface area contributed by atoms with E-state index in [1.54, 1.807) is 12.1 Å². The zero-order chi connectivity index (χ0) is 18.2. The molecule has 0 aliphatic heterocycles. The maximum atomic E-state index is 11.2. The van der Waals surface area contributed by atoms with Crippen LogP contribution in [0.3, 0.4) is 0 Å². The van der Waals surface area contributed by atoms with Gasteiger partial charge >= 0.3 is 5.97 Å². The Balaban J connectivity index is 2.50. The number of benzene rings is 2. The minimum absolute atomic E-state index is 0.0350. The SMILES string of the molecule is NC(N)=Nc1cccc(-c2cccc(CC(=O)O)c2CCNC=O)c1. The van der Waals surface area contributed by atoms with Gasteiger partial charge in [0.15, 0.2) is 5.96 Å². The van der Waals surface area contributed by atoms with Gasteiger partial charge in [-0.3, -0.25) is 9.59 Å². The van der Waals surface area contributed by atoms with Gasteiger partial charge in [0, 0.05) is 6.54 Å². The number of nitrogens with two attached hydrogens (primary N) is 2. The van der Waals surface area contributed by atoms with E-state index in [9.17, 15) is 9.59 Å². The van der Waals surface area contributed by atoms with Crippen molar-refractivity contribution in [1.82, 2.24) is 5.32 Å². The fraction of sp³-hybridized carbons (Fsp3) is 0.167. The number of nitrogens with zero attached hydrogens (tertiary/aromatic N) is 1. The average Bonchev–Trinajstić information content (AvgIpc) is 2.55. The summed E-state index contributed by atoms with van der Waals surface area (Å²) in [4.78, 5) is 25.7. The van der Waals surface area contributed by atoms with Crippen molar-refractivity contribution in [3.63, 3.8) is 0 Å². The van der Waals surface area contributed by atoms with Crippen molar-refractivity contribution < 1.29 is 14.7 Å². The van der Waals surface area contributed by atoms with Crippen molar-refractivity contribution in [2.45, 2.75) is 12.8 Å². The Kier molecular flexibility index (Phi) is 6.11. The molecule has 7 nitrogen and oxygen atoms in total. The molecule has 0 saturated carbocycles. The lowest BCUT2D eigenvalue weighted by atomic mass is 9.91. The summed E-state index contributed by atoms with van der Waals surface area (Å²) in [6, 6.07) is 12.9. The molecule has 2 aromatic rings. The first-order valence-corrected chi connectivity index (χ1v) is 7.71. The smallest absolute Gasteiger partial charge is 0.307 e. The second-order valence-corrected chi connectivity index (χ2v) is 5.42. The summed E-state index contributed by atoms with van der Waals surface area (Å²) in [7, 11) is 0. The van der Waals surface area contributed by atoms with E-state index in [1.807, 2.05) is 30.3 Å². The van der Waals surface area contributed by atoms with Crippen LogP contribution in [0.15, 0.2) is 47.5 Å². The van der Waals surface area contributed by atoms with Crippen LogP contribution in [0.4, 0.5) is 5.69 Å². The molecule has 0 aliphatic rings. The van der Waals surface area contributed by atoms with E-state index in [-0.39, 0.29) is 12.4 Å². The van der Waals surface area contributed by atoms with Crippen LogP contribution in [0.1, 0.15) is 11.1 Å². The topological polar surface area (TPSA) is 131 Å². The van der Waals surface area contributed by atoms with Crippen LogP contribution in [0, 0.1) is 0 Å². The summed E-state index contributed by atoms with van der Waals surface area (Å²) in [5.74, 6) is -0.941. The lowest BCUT2D eigenvalue weighted by Gasteiger charge is -2.15. The molecule has 0 aromatic heterocycles. The first-order chi connectivity index (χ1) is 12.0. The molecule has 6 N–H and O–H groups in total. The quantitative estimate of drug-likeness (QED) is 0.248. The summed E-state index contributed by atoms with van der Waals surface area (Å²) >= 11 is 0. The standard InChI is InChI=1S/C18H20N4O3/c19-18(20)22-14-5-1-3-12(9-14)15-6-2-4-13(10-17(24)25)16(15)7-8-21-11-23/h1-6,9,11H,7-8,10H2,(H,21,23)(H,24,25)(H4,19,20,22). The third-order valence-corrected chi connectivity index (χ3v) is 3.63. The Bertz CT molecular complexity index is 799. The number of nitrogens with one attached hydrogen (secondary N) is 1. The maximum Gasteiger partial charge on any atom is 0.307 e. The molecule has 7 heteroatoms. The van der Waals surface area contributed by atoms with Gasteiger partial charge in [0.2, 0.25) is 6.41 Å². The van der Waals surface area contributed by atoms with Gasteiger partial charge in [0.05, 0.1) is 12.1 Å². The Hall–Kier alpha value is -3.35. The number of aliphatic imine (C=N–C) groups is 1. The largest absolute Gasteiger partial charge is 0.481 e. The molecule has 0 saturated heterocycles. The number of carboxylic acid groups (broad SMARTS) is 1. The minimum Gasteiger partial charge on any atom is -0.481 e. The molecular formula is C18H20N4O3. The first-order valence-electron chi connectivity index (χ1n) is 7.71. The highest BCUT2D eigenvalue weighted by Crippen LogP contribution is 2.30. The van der Waals surface area contributed by atoms with Gasteiger partial charge in [0.25, 0.3) is 0 Å².